The fourth-order valence-electron chi connectivity index (χ4n) is 2.60. The maximum atomic E-state index is 11.9. The van der Waals surface area contributed by atoms with Crippen molar-refractivity contribution in [1.29, 1.82) is 0 Å². The molecule has 0 amide bonds. The third kappa shape index (κ3) is 3.81. The fourth-order valence-corrected chi connectivity index (χ4v) is 3.39. The quantitative estimate of drug-likeness (QED) is 0.582. The number of hydrogen-bond acceptors (Lipinski definition) is 4. The molecule has 23 heavy (non-hydrogen) atoms. The van der Waals surface area contributed by atoms with Gasteiger partial charge in [-0.2, -0.15) is 0 Å². The molecule has 1 saturated heterocycles. The molecule has 1 aliphatic rings. The monoisotopic (exact) mass is 382 g/mol. The van der Waals surface area contributed by atoms with Crippen molar-refractivity contribution < 1.29 is 18.8 Å². The maximum Gasteiger partial charge on any atom is 0.466 e. The third-order valence-electron chi connectivity index (χ3n) is 4.77. The van der Waals surface area contributed by atoms with Crippen molar-refractivity contribution in [1.82, 2.24) is 0 Å². The molecule has 126 valence electrons. The molecule has 1 aromatic rings. The van der Waals surface area contributed by atoms with Crippen molar-refractivity contribution in [2.24, 2.45) is 0 Å². The Balaban J connectivity index is 2.38. The van der Waals surface area contributed by atoms with Gasteiger partial charge in [-0.1, -0.05) is 28.1 Å². The highest BCUT2D eigenvalue weighted by Crippen LogP contribution is 2.43. The van der Waals surface area contributed by atoms with Gasteiger partial charge in [0.1, 0.15) is 0 Å². The summed E-state index contributed by atoms with van der Waals surface area (Å²) in [6, 6.07) is 6.07. The number of carbonyl (C=O) groups is 1. The minimum atomic E-state index is -0.502. The summed E-state index contributed by atoms with van der Waals surface area (Å²) in [7, 11) is 0.895. The number of benzene rings is 1. The zero-order valence-electron chi connectivity index (χ0n) is 14.6. The topological polar surface area (TPSA) is 44.8 Å². The summed E-state index contributed by atoms with van der Waals surface area (Å²) in [5.41, 5.74) is 1.25. The number of ether oxygens (including phenoxy) is 1. The van der Waals surface area contributed by atoms with Gasteiger partial charge in [0.25, 0.3) is 0 Å². The van der Waals surface area contributed by atoms with Crippen LogP contribution in [0.4, 0.5) is 0 Å². The van der Waals surface area contributed by atoms with Crippen molar-refractivity contribution in [3.8, 4) is 0 Å². The number of hydrogen-bond donors (Lipinski definition) is 0. The van der Waals surface area contributed by atoms with Gasteiger partial charge in [-0.3, -0.25) is 4.79 Å². The summed E-state index contributed by atoms with van der Waals surface area (Å²) in [4.78, 5) is 11.9. The lowest BCUT2D eigenvalue weighted by Gasteiger charge is -2.32. The molecule has 4 nitrogen and oxygen atoms in total. The van der Waals surface area contributed by atoms with Crippen molar-refractivity contribution >= 4 is 29.0 Å². The van der Waals surface area contributed by atoms with Gasteiger partial charge in [0, 0.05) is 10.3 Å². The van der Waals surface area contributed by atoms with Gasteiger partial charge in [-0.25, -0.2) is 0 Å². The summed E-state index contributed by atoms with van der Waals surface area (Å²) < 4.78 is 18.1. The lowest BCUT2D eigenvalue weighted by Crippen LogP contribution is -2.41. The van der Waals surface area contributed by atoms with E-state index in [2.05, 4.69) is 15.9 Å². The van der Waals surface area contributed by atoms with E-state index in [-0.39, 0.29) is 18.2 Å². The molecule has 6 heteroatoms. The molecular weight excluding hydrogens is 359 g/mol. The number of esters is 1. The second kappa shape index (κ2) is 6.57. The highest BCUT2D eigenvalue weighted by atomic mass is 79.9. The normalized spacial score (nSPS) is 20.4. The van der Waals surface area contributed by atoms with Crippen molar-refractivity contribution in [3.63, 3.8) is 0 Å². The number of methoxy groups -OCH3 is 1. The number of aryl methyl sites for hydroxylation is 1. The zero-order chi connectivity index (χ0) is 17.4. The second-order valence-corrected chi connectivity index (χ2v) is 7.89. The lowest BCUT2D eigenvalue weighted by molar-refractivity contribution is -0.140. The van der Waals surface area contributed by atoms with Crippen LogP contribution in [0.2, 0.25) is 0 Å². The summed E-state index contributed by atoms with van der Waals surface area (Å²) in [5, 5.41) is 0. The first-order chi connectivity index (χ1) is 10.6. The van der Waals surface area contributed by atoms with Crippen molar-refractivity contribution in [3.05, 3.63) is 33.8 Å². The molecule has 0 aliphatic carbocycles. The van der Waals surface area contributed by atoms with E-state index in [4.69, 9.17) is 14.0 Å². The van der Waals surface area contributed by atoms with Crippen molar-refractivity contribution in [2.45, 2.75) is 58.1 Å². The molecule has 0 radical (unpaired) electrons. The molecule has 1 atom stereocenters. The minimum Gasteiger partial charge on any atom is -0.469 e. The SMILES string of the molecule is COC(=O)CC(B1OC(C)(C)C(C)(C)O1)c1ccc(C)cc1Br. The molecule has 0 aromatic heterocycles. The van der Waals surface area contributed by atoms with Gasteiger partial charge in [-0.15, -0.1) is 0 Å². The molecule has 1 unspecified atom stereocenters. The van der Waals surface area contributed by atoms with Crippen LogP contribution >= 0.6 is 15.9 Å². The van der Waals surface area contributed by atoms with Crippen LogP contribution in [-0.4, -0.2) is 31.4 Å². The summed E-state index contributed by atoms with van der Waals surface area (Å²) in [6.07, 6.45) is 0.203. The van der Waals surface area contributed by atoms with E-state index in [1.54, 1.807) is 0 Å². The molecule has 1 aromatic carbocycles. The number of carbonyl (C=O) groups excluding carboxylic acids is 1. The van der Waals surface area contributed by atoms with Crippen LogP contribution in [0, 0.1) is 6.92 Å². The Bertz CT molecular complexity index is 584. The van der Waals surface area contributed by atoms with Crippen LogP contribution in [-0.2, 0) is 18.8 Å². The van der Waals surface area contributed by atoms with Gasteiger partial charge in [0.05, 0.1) is 24.7 Å². The van der Waals surface area contributed by atoms with E-state index < -0.39 is 18.3 Å². The summed E-state index contributed by atoms with van der Waals surface area (Å²) in [6.45, 7) is 10.1. The molecule has 1 aliphatic heterocycles. The van der Waals surface area contributed by atoms with E-state index >= 15 is 0 Å². The zero-order valence-corrected chi connectivity index (χ0v) is 16.2. The minimum absolute atomic E-state index is 0.203. The first-order valence-corrected chi connectivity index (χ1v) is 8.55. The van der Waals surface area contributed by atoms with E-state index in [0.29, 0.717) is 0 Å². The molecule has 0 spiro atoms. The van der Waals surface area contributed by atoms with Gasteiger partial charge < -0.3 is 14.0 Å². The van der Waals surface area contributed by atoms with E-state index in [1.807, 2.05) is 52.8 Å². The Morgan fingerprint density at radius 1 is 1.26 bits per heavy atom. The van der Waals surface area contributed by atoms with Crippen LogP contribution < -0.4 is 0 Å². The van der Waals surface area contributed by atoms with Gasteiger partial charge >= 0.3 is 13.1 Å². The van der Waals surface area contributed by atoms with Gasteiger partial charge in [-0.05, 0) is 51.8 Å². The molecule has 1 fully saturated rings. The molecular formula is C17H24BBrO4. The predicted molar refractivity (Wildman–Crippen MR) is 94.3 cm³/mol. The average molecular weight is 383 g/mol. The van der Waals surface area contributed by atoms with Gasteiger partial charge in [0.15, 0.2) is 0 Å². The number of rotatable bonds is 4. The largest absolute Gasteiger partial charge is 0.469 e. The van der Waals surface area contributed by atoms with Crippen LogP contribution in [0.15, 0.2) is 22.7 Å². The highest BCUT2D eigenvalue weighted by Gasteiger charge is 2.54. The Hall–Kier alpha value is -0.845. The molecule has 1 heterocycles. The molecule has 0 saturated carbocycles. The summed E-state index contributed by atoms with van der Waals surface area (Å²) in [5.74, 6) is -0.518. The molecule has 2 rings (SSSR count). The third-order valence-corrected chi connectivity index (χ3v) is 5.46. The highest BCUT2D eigenvalue weighted by molar-refractivity contribution is 9.10. The number of halogens is 1. The average Bonchev–Trinajstić information content (AvgIpc) is 2.65. The predicted octanol–water partition coefficient (Wildman–Crippen LogP) is 4.04. The first-order valence-electron chi connectivity index (χ1n) is 7.76. The first kappa shape index (κ1) is 18.5. The fraction of sp³-hybridized carbons (Fsp3) is 0.588. The van der Waals surface area contributed by atoms with E-state index in [9.17, 15) is 4.79 Å². The van der Waals surface area contributed by atoms with Crippen molar-refractivity contribution in [2.75, 3.05) is 7.11 Å². The Kier molecular flexibility index (Phi) is 5.29. The van der Waals surface area contributed by atoms with Crippen LogP contribution in [0.25, 0.3) is 0 Å². The maximum absolute atomic E-state index is 11.9. The molecule has 0 N–H and O–H groups in total. The second-order valence-electron chi connectivity index (χ2n) is 7.04. The van der Waals surface area contributed by atoms with Gasteiger partial charge in [0.2, 0.25) is 0 Å². The van der Waals surface area contributed by atoms with Crippen LogP contribution in [0.5, 0.6) is 0 Å². The van der Waals surface area contributed by atoms with E-state index in [0.717, 1.165) is 15.6 Å². The Labute approximate surface area is 147 Å². The summed E-state index contributed by atoms with van der Waals surface area (Å²) >= 11 is 3.60. The standard InChI is InChI=1S/C17H24BBrO4/c1-11-7-8-12(14(19)9-11)13(10-15(20)21-6)18-22-16(2,3)17(4,5)23-18/h7-9,13H,10H2,1-6H3. The van der Waals surface area contributed by atoms with Crippen LogP contribution in [0.1, 0.15) is 51.1 Å². The molecule has 0 bridgehead atoms. The van der Waals surface area contributed by atoms with Crippen LogP contribution in [0.3, 0.4) is 0 Å². The Morgan fingerprint density at radius 3 is 2.30 bits per heavy atom. The smallest absolute Gasteiger partial charge is 0.466 e. The lowest BCUT2D eigenvalue weighted by atomic mass is 9.66. The van der Waals surface area contributed by atoms with E-state index in [1.165, 1.54) is 7.11 Å². The Morgan fingerprint density at radius 2 is 1.83 bits per heavy atom.